The van der Waals surface area contributed by atoms with Crippen LogP contribution in [0.2, 0.25) is 0 Å². The summed E-state index contributed by atoms with van der Waals surface area (Å²) >= 11 is 0. The highest BCUT2D eigenvalue weighted by atomic mass is 16.5. The van der Waals surface area contributed by atoms with E-state index >= 15 is 0 Å². The lowest BCUT2D eigenvalue weighted by Gasteiger charge is -2.38. The highest BCUT2D eigenvalue weighted by Gasteiger charge is 2.34. The predicted molar refractivity (Wildman–Crippen MR) is 62.0 cm³/mol. The topological polar surface area (TPSA) is 41.5 Å². The number of nitrogens with one attached hydrogen (secondary N) is 1. The third kappa shape index (κ3) is 4.49. The average Bonchev–Trinajstić information content (AvgIpc) is 2.14. The largest absolute Gasteiger partial charge is 0.388 e. The van der Waals surface area contributed by atoms with Crippen molar-refractivity contribution in [3.05, 3.63) is 0 Å². The maximum absolute atomic E-state index is 10.4. The quantitative estimate of drug-likeness (QED) is 0.753. The summed E-state index contributed by atoms with van der Waals surface area (Å²) in [5.41, 5.74) is -0.512. The minimum atomic E-state index is -0.577. The van der Waals surface area contributed by atoms with Gasteiger partial charge in [0, 0.05) is 31.5 Å². The minimum absolute atomic E-state index is 0.0652. The Morgan fingerprint density at radius 2 is 2.13 bits per heavy atom. The van der Waals surface area contributed by atoms with E-state index in [4.69, 9.17) is 4.74 Å². The molecule has 0 radical (unpaired) electrons. The van der Waals surface area contributed by atoms with E-state index in [2.05, 4.69) is 33.0 Å². The van der Waals surface area contributed by atoms with Gasteiger partial charge in [0.1, 0.15) is 0 Å². The van der Waals surface area contributed by atoms with E-state index in [0.717, 1.165) is 19.3 Å². The Morgan fingerprint density at radius 1 is 1.47 bits per heavy atom. The van der Waals surface area contributed by atoms with Crippen LogP contribution in [-0.2, 0) is 4.74 Å². The fourth-order valence-corrected chi connectivity index (χ4v) is 1.85. The summed E-state index contributed by atoms with van der Waals surface area (Å²) in [5.74, 6) is 0. The molecule has 1 rings (SSSR count). The Bertz CT molecular complexity index is 200. The molecule has 2 atom stereocenters. The molecule has 0 aromatic heterocycles. The maximum Gasteiger partial charge on any atom is 0.0818 e. The first-order valence-corrected chi connectivity index (χ1v) is 5.94. The molecule has 1 fully saturated rings. The molecule has 15 heavy (non-hydrogen) atoms. The molecule has 1 saturated heterocycles. The smallest absolute Gasteiger partial charge is 0.0818 e. The van der Waals surface area contributed by atoms with Crippen LogP contribution < -0.4 is 5.32 Å². The fourth-order valence-electron chi connectivity index (χ4n) is 1.85. The molecule has 1 aliphatic heterocycles. The van der Waals surface area contributed by atoms with Crippen molar-refractivity contribution in [3.63, 3.8) is 0 Å². The van der Waals surface area contributed by atoms with Crippen molar-refractivity contribution in [3.8, 4) is 0 Å². The number of ether oxygens (including phenoxy) is 1. The zero-order chi connectivity index (χ0) is 11.5. The first-order chi connectivity index (χ1) is 6.85. The van der Waals surface area contributed by atoms with Crippen LogP contribution in [-0.4, -0.2) is 35.5 Å². The molecule has 0 bridgehead atoms. The van der Waals surface area contributed by atoms with Gasteiger partial charge >= 0.3 is 0 Å². The Kier molecular flexibility index (Phi) is 4.15. The second kappa shape index (κ2) is 4.81. The van der Waals surface area contributed by atoms with Crippen molar-refractivity contribution in [1.29, 1.82) is 0 Å². The number of hydrogen-bond acceptors (Lipinski definition) is 3. The SMILES string of the molecule is CCC1CC(O)(CNC(C)(C)C)CCO1. The van der Waals surface area contributed by atoms with Crippen LogP contribution in [0, 0.1) is 0 Å². The summed E-state index contributed by atoms with van der Waals surface area (Å²) in [6.45, 7) is 9.80. The highest BCUT2D eigenvalue weighted by Crippen LogP contribution is 2.26. The maximum atomic E-state index is 10.4. The molecule has 0 spiro atoms. The molecule has 3 heteroatoms. The van der Waals surface area contributed by atoms with E-state index in [1.165, 1.54) is 0 Å². The van der Waals surface area contributed by atoms with Gasteiger partial charge in [-0.25, -0.2) is 0 Å². The van der Waals surface area contributed by atoms with E-state index in [9.17, 15) is 5.11 Å². The molecule has 90 valence electrons. The standard InChI is InChI=1S/C12H25NO2/c1-5-10-8-12(14,6-7-15-10)9-13-11(2,3)4/h10,13-14H,5-9H2,1-4H3. The monoisotopic (exact) mass is 215 g/mol. The van der Waals surface area contributed by atoms with Gasteiger partial charge in [-0.1, -0.05) is 6.92 Å². The molecular weight excluding hydrogens is 190 g/mol. The van der Waals surface area contributed by atoms with Crippen LogP contribution in [0.3, 0.4) is 0 Å². The Morgan fingerprint density at radius 3 is 2.67 bits per heavy atom. The van der Waals surface area contributed by atoms with Crippen LogP contribution in [0.15, 0.2) is 0 Å². The number of hydrogen-bond donors (Lipinski definition) is 2. The number of β-amino-alcohol motifs (C(OH)–C–C–N with tert-alkyl or cyclic N) is 1. The number of aliphatic hydroxyl groups is 1. The Hall–Kier alpha value is -0.120. The Labute approximate surface area is 93.2 Å². The lowest BCUT2D eigenvalue weighted by molar-refractivity contribution is -0.104. The van der Waals surface area contributed by atoms with E-state index < -0.39 is 5.60 Å². The van der Waals surface area contributed by atoms with Crippen molar-refractivity contribution in [2.45, 2.75) is 64.2 Å². The Balaban J connectivity index is 2.43. The highest BCUT2D eigenvalue weighted by molar-refractivity contribution is 4.89. The second-order valence-corrected chi connectivity index (χ2v) is 5.68. The third-order valence-electron chi connectivity index (χ3n) is 2.93. The molecule has 0 saturated carbocycles. The first-order valence-electron chi connectivity index (χ1n) is 5.94. The minimum Gasteiger partial charge on any atom is -0.388 e. The summed E-state index contributed by atoms with van der Waals surface area (Å²) in [4.78, 5) is 0. The summed E-state index contributed by atoms with van der Waals surface area (Å²) in [5, 5.41) is 13.8. The van der Waals surface area contributed by atoms with Crippen LogP contribution in [0.4, 0.5) is 0 Å². The predicted octanol–water partition coefficient (Wildman–Crippen LogP) is 1.69. The van der Waals surface area contributed by atoms with E-state index in [0.29, 0.717) is 13.2 Å². The van der Waals surface area contributed by atoms with Crippen LogP contribution in [0.5, 0.6) is 0 Å². The molecule has 0 amide bonds. The van der Waals surface area contributed by atoms with Gasteiger partial charge in [0.05, 0.1) is 11.7 Å². The normalized spacial score (nSPS) is 33.0. The number of rotatable bonds is 3. The van der Waals surface area contributed by atoms with Gasteiger partial charge in [-0.3, -0.25) is 0 Å². The van der Waals surface area contributed by atoms with Gasteiger partial charge in [-0.05, 0) is 27.2 Å². The van der Waals surface area contributed by atoms with Crippen LogP contribution in [0.25, 0.3) is 0 Å². The third-order valence-corrected chi connectivity index (χ3v) is 2.93. The fraction of sp³-hybridized carbons (Fsp3) is 1.00. The van der Waals surface area contributed by atoms with Crippen molar-refractivity contribution < 1.29 is 9.84 Å². The van der Waals surface area contributed by atoms with Gasteiger partial charge in [0.15, 0.2) is 0 Å². The van der Waals surface area contributed by atoms with Crippen molar-refractivity contribution in [2.75, 3.05) is 13.2 Å². The molecule has 0 aliphatic carbocycles. The molecule has 2 unspecified atom stereocenters. The molecular formula is C12H25NO2. The van der Waals surface area contributed by atoms with Crippen molar-refractivity contribution in [2.24, 2.45) is 0 Å². The molecule has 1 aliphatic rings. The first kappa shape index (κ1) is 12.9. The average molecular weight is 215 g/mol. The van der Waals surface area contributed by atoms with E-state index in [-0.39, 0.29) is 11.6 Å². The lowest BCUT2D eigenvalue weighted by Crippen LogP contribution is -2.51. The van der Waals surface area contributed by atoms with Gasteiger partial charge in [0.25, 0.3) is 0 Å². The van der Waals surface area contributed by atoms with Crippen molar-refractivity contribution in [1.82, 2.24) is 5.32 Å². The van der Waals surface area contributed by atoms with Gasteiger partial charge in [-0.15, -0.1) is 0 Å². The van der Waals surface area contributed by atoms with Gasteiger partial charge in [-0.2, -0.15) is 0 Å². The van der Waals surface area contributed by atoms with Crippen molar-refractivity contribution >= 4 is 0 Å². The van der Waals surface area contributed by atoms with Crippen LogP contribution in [0.1, 0.15) is 47.0 Å². The zero-order valence-electron chi connectivity index (χ0n) is 10.5. The summed E-state index contributed by atoms with van der Waals surface area (Å²) in [6, 6.07) is 0. The summed E-state index contributed by atoms with van der Waals surface area (Å²) in [6.07, 6.45) is 2.71. The molecule has 3 nitrogen and oxygen atoms in total. The molecule has 0 aromatic rings. The zero-order valence-corrected chi connectivity index (χ0v) is 10.5. The summed E-state index contributed by atoms with van der Waals surface area (Å²) in [7, 11) is 0. The lowest BCUT2D eigenvalue weighted by atomic mass is 9.88. The molecule has 2 N–H and O–H groups in total. The van der Waals surface area contributed by atoms with E-state index in [1.54, 1.807) is 0 Å². The molecule has 0 aromatic carbocycles. The second-order valence-electron chi connectivity index (χ2n) is 5.68. The van der Waals surface area contributed by atoms with Crippen LogP contribution >= 0.6 is 0 Å². The van der Waals surface area contributed by atoms with E-state index in [1.807, 2.05) is 0 Å². The summed E-state index contributed by atoms with van der Waals surface area (Å²) < 4.78 is 5.57. The molecule has 1 heterocycles. The van der Waals surface area contributed by atoms with Gasteiger partial charge in [0.2, 0.25) is 0 Å². The van der Waals surface area contributed by atoms with Gasteiger partial charge < -0.3 is 15.2 Å².